The Kier molecular flexibility index (Phi) is 3.93. The summed E-state index contributed by atoms with van der Waals surface area (Å²) in [4.78, 5) is 0. The maximum atomic E-state index is 10.2. The Morgan fingerprint density at radius 2 is 1.07 bits per heavy atom. The summed E-state index contributed by atoms with van der Waals surface area (Å²) in [5.74, 6) is 0. The lowest BCUT2D eigenvalue weighted by atomic mass is 9.72. The minimum atomic E-state index is -1.53. The van der Waals surface area contributed by atoms with Gasteiger partial charge < -0.3 is 10.0 Å². The lowest BCUT2D eigenvalue weighted by Crippen LogP contribution is -2.31. The highest BCUT2D eigenvalue weighted by atomic mass is 32.1. The molecule has 0 fully saturated rings. The van der Waals surface area contributed by atoms with Crippen LogP contribution in [-0.2, 0) is 0 Å². The summed E-state index contributed by atoms with van der Waals surface area (Å²) in [5.41, 5.74) is 2.83. The van der Waals surface area contributed by atoms with Gasteiger partial charge in [0.05, 0.1) is 0 Å². The number of benzene rings is 5. The van der Waals surface area contributed by atoms with E-state index >= 15 is 0 Å². The van der Waals surface area contributed by atoms with E-state index in [1.54, 1.807) is 0 Å². The molecule has 30 heavy (non-hydrogen) atoms. The molecular formula is C26H17BO2S. The zero-order valence-electron chi connectivity index (χ0n) is 16.0. The van der Waals surface area contributed by atoms with Crippen LogP contribution >= 0.6 is 11.3 Å². The summed E-state index contributed by atoms with van der Waals surface area (Å²) in [5, 5.41) is 26.7. The first-order valence-corrected chi connectivity index (χ1v) is 10.7. The number of thiophene rings is 1. The second-order valence-electron chi connectivity index (χ2n) is 7.56. The fourth-order valence-corrected chi connectivity index (χ4v) is 5.72. The van der Waals surface area contributed by atoms with Crippen molar-refractivity contribution in [2.75, 3.05) is 0 Å². The maximum Gasteiger partial charge on any atom is 0.489 e. The van der Waals surface area contributed by atoms with E-state index in [2.05, 4.69) is 54.6 Å². The molecule has 6 rings (SSSR count). The van der Waals surface area contributed by atoms with Crippen LogP contribution in [0, 0.1) is 0 Å². The maximum absolute atomic E-state index is 10.2. The van der Waals surface area contributed by atoms with E-state index in [-0.39, 0.29) is 0 Å². The topological polar surface area (TPSA) is 40.5 Å². The van der Waals surface area contributed by atoms with Crippen LogP contribution in [-0.4, -0.2) is 17.2 Å². The second-order valence-corrected chi connectivity index (χ2v) is 8.65. The third kappa shape index (κ3) is 2.52. The molecule has 0 unspecified atom stereocenters. The van der Waals surface area contributed by atoms with Crippen LogP contribution < -0.4 is 5.46 Å². The molecule has 5 aromatic carbocycles. The van der Waals surface area contributed by atoms with Crippen LogP contribution in [0.15, 0.2) is 91.0 Å². The molecule has 0 saturated heterocycles. The SMILES string of the molecule is OB(O)c1c2ccccc2c(-c2ccc3sc4ccccc4c3c2)c2ccccc12. The third-order valence-corrected chi connectivity index (χ3v) is 7.05. The van der Waals surface area contributed by atoms with Gasteiger partial charge in [0, 0.05) is 20.2 Å². The highest BCUT2D eigenvalue weighted by Gasteiger charge is 2.22. The molecule has 0 aliphatic rings. The van der Waals surface area contributed by atoms with Crippen molar-refractivity contribution >= 4 is 65.6 Å². The molecule has 0 aliphatic carbocycles. The van der Waals surface area contributed by atoms with Gasteiger partial charge in [-0.1, -0.05) is 72.8 Å². The molecule has 4 heteroatoms. The number of hydrogen-bond acceptors (Lipinski definition) is 3. The largest absolute Gasteiger partial charge is 0.489 e. The van der Waals surface area contributed by atoms with Crippen molar-refractivity contribution in [1.29, 1.82) is 0 Å². The van der Waals surface area contributed by atoms with Crippen molar-refractivity contribution in [2.45, 2.75) is 0 Å². The lowest BCUT2D eigenvalue weighted by molar-refractivity contribution is 0.426. The molecule has 6 aromatic rings. The normalized spacial score (nSPS) is 11.7. The minimum Gasteiger partial charge on any atom is -0.423 e. The standard InChI is InChI=1S/C26H17BO2S/c28-27(29)26-20-10-3-1-8-18(20)25(19-9-2-4-11-21(19)26)16-13-14-24-22(15-16)17-7-5-6-12-23(17)30-24/h1-15,28-29H. The predicted molar refractivity (Wildman–Crippen MR) is 130 cm³/mol. The number of hydrogen-bond donors (Lipinski definition) is 2. The van der Waals surface area contributed by atoms with Gasteiger partial charge in [-0.3, -0.25) is 0 Å². The summed E-state index contributed by atoms with van der Waals surface area (Å²) in [6, 6.07) is 31.2. The number of fused-ring (bicyclic) bond motifs is 5. The summed E-state index contributed by atoms with van der Waals surface area (Å²) >= 11 is 1.81. The van der Waals surface area contributed by atoms with Gasteiger partial charge in [-0.25, -0.2) is 0 Å². The van der Waals surface area contributed by atoms with Crippen LogP contribution in [0.1, 0.15) is 0 Å². The Morgan fingerprint density at radius 3 is 1.70 bits per heavy atom. The molecular weight excluding hydrogens is 387 g/mol. The molecule has 142 valence electrons. The van der Waals surface area contributed by atoms with Gasteiger partial charge in [-0.05, 0) is 56.3 Å². The Balaban J connectivity index is 1.78. The molecule has 0 atom stereocenters. The Morgan fingerprint density at radius 1 is 0.533 bits per heavy atom. The predicted octanol–water partition coefficient (Wildman–Crippen LogP) is 5.71. The fourth-order valence-electron chi connectivity index (χ4n) is 4.63. The van der Waals surface area contributed by atoms with Crippen molar-refractivity contribution in [2.24, 2.45) is 0 Å². The zero-order chi connectivity index (χ0) is 20.2. The summed E-state index contributed by atoms with van der Waals surface area (Å²) in [6.45, 7) is 0. The van der Waals surface area contributed by atoms with E-state index in [0.717, 1.165) is 32.7 Å². The number of rotatable bonds is 2. The molecule has 0 saturated carbocycles. The van der Waals surface area contributed by atoms with E-state index in [1.807, 2.05) is 47.7 Å². The van der Waals surface area contributed by atoms with Crippen molar-refractivity contribution in [3.63, 3.8) is 0 Å². The lowest BCUT2D eigenvalue weighted by Gasteiger charge is -2.17. The van der Waals surface area contributed by atoms with Gasteiger partial charge in [0.1, 0.15) is 0 Å². The quantitative estimate of drug-likeness (QED) is 0.287. The van der Waals surface area contributed by atoms with Gasteiger partial charge in [0.25, 0.3) is 0 Å². The molecule has 0 bridgehead atoms. The van der Waals surface area contributed by atoms with Gasteiger partial charge >= 0.3 is 7.12 Å². The molecule has 0 radical (unpaired) electrons. The Bertz CT molecular complexity index is 1530. The second kappa shape index (κ2) is 6.68. The molecule has 1 aromatic heterocycles. The van der Waals surface area contributed by atoms with Gasteiger partial charge in [0.15, 0.2) is 0 Å². The fraction of sp³-hybridized carbons (Fsp3) is 0. The Hall–Kier alpha value is -3.18. The van der Waals surface area contributed by atoms with Crippen LogP contribution in [0.2, 0.25) is 0 Å². The molecule has 0 amide bonds. The van der Waals surface area contributed by atoms with E-state index in [4.69, 9.17) is 0 Å². The average molecular weight is 404 g/mol. The van der Waals surface area contributed by atoms with Crippen LogP contribution in [0.3, 0.4) is 0 Å². The smallest absolute Gasteiger partial charge is 0.423 e. The molecule has 2 N–H and O–H groups in total. The molecule has 1 heterocycles. The van der Waals surface area contributed by atoms with Crippen LogP contribution in [0.4, 0.5) is 0 Å². The van der Waals surface area contributed by atoms with Crippen molar-refractivity contribution in [3.05, 3.63) is 91.0 Å². The van der Waals surface area contributed by atoms with Crippen molar-refractivity contribution in [1.82, 2.24) is 0 Å². The van der Waals surface area contributed by atoms with Gasteiger partial charge in [-0.2, -0.15) is 0 Å². The van der Waals surface area contributed by atoms with Crippen LogP contribution in [0.25, 0.3) is 52.8 Å². The van der Waals surface area contributed by atoms with Gasteiger partial charge in [-0.15, -0.1) is 11.3 Å². The molecule has 0 spiro atoms. The minimum absolute atomic E-state index is 0.562. The summed E-state index contributed by atoms with van der Waals surface area (Å²) in [6.07, 6.45) is 0. The average Bonchev–Trinajstić information content (AvgIpc) is 3.15. The van der Waals surface area contributed by atoms with E-state index in [0.29, 0.717) is 5.46 Å². The summed E-state index contributed by atoms with van der Waals surface area (Å²) in [7, 11) is -1.53. The first kappa shape index (κ1) is 17.7. The van der Waals surface area contributed by atoms with Crippen LogP contribution in [0.5, 0.6) is 0 Å². The van der Waals surface area contributed by atoms with E-state index in [9.17, 15) is 10.0 Å². The van der Waals surface area contributed by atoms with Crippen molar-refractivity contribution < 1.29 is 10.0 Å². The van der Waals surface area contributed by atoms with E-state index in [1.165, 1.54) is 20.2 Å². The monoisotopic (exact) mass is 404 g/mol. The highest BCUT2D eigenvalue weighted by molar-refractivity contribution is 7.25. The molecule has 2 nitrogen and oxygen atoms in total. The third-order valence-electron chi connectivity index (χ3n) is 5.90. The van der Waals surface area contributed by atoms with E-state index < -0.39 is 7.12 Å². The molecule has 0 aliphatic heterocycles. The van der Waals surface area contributed by atoms with Gasteiger partial charge in [0.2, 0.25) is 0 Å². The Labute approximate surface area is 177 Å². The highest BCUT2D eigenvalue weighted by Crippen LogP contribution is 2.40. The summed E-state index contributed by atoms with van der Waals surface area (Å²) < 4.78 is 2.56. The first-order chi connectivity index (χ1) is 14.7. The van der Waals surface area contributed by atoms with Crippen molar-refractivity contribution in [3.8, 4) is 11.1 Å². The zero-order valence-corrected chi connectivity index (χ0v) is 16.9. The first-order valence-electron chi connectivity index (χ1n) is 9.93.